The highest BCUT2D eigenvalue weighted by molar-refractivity contribution is 7.98. The molecule has 34 heavy (non-hydrogen) atoms. The highest BCUT2D eigenvalue weighted by Crippen LogP contribution is 2.35. The number of aryl methyl sites for hydroxylation is 3. The Morgan fingerprint density at radius 2 is 1.79 bits per heavy atom. The van der Waals surface area contributed by atoms with Crippen molar-refractivity contribution in [3.8, 4) is 5.69 Å². The monoisotopic (exact) mass is 494 g/mol. The molecule has 0 bridgehead atoms. The van der Waals surface area contributed by atoms with Crippen LogP contribution in [0.25, 0.3) is 15.9 Å². The highest BCUT2D eigenvalue weighted by Gasteiger charge is 2.23. The molecule has 1 aliphatic carbocycles. The summed E-state index contributed by atoms with van der Waals surface area (Å²) in [6.07, 6.45) is 5.34. The fourth-order valence-electron chi connectivity index (χ4n) is 4.54. The van der Waals surface area contributed by atoms with Gasteiger partial charge < -0.3 is 0 Å². The van der Waals surface area contributed by atoms with Gasteiger partial charge >= 0.3 is 5.69 Å². The topological polar surface area (TPSA) is 78.9 Å². The largest absolute Gasteiger partial charge is 0.330 e. The Hall–Kier alpha value is -2.91. The molecule has 176 valence electrons. The number of benzene rings is 1. The van der Waals surface area contributed by atoms with Crippen LogP contribution in [0.15, 0.2) is 49.9 Å². The molecule has 0 atom stereocenters. The molecular weight excluding hydrogens is 468 g/mol. The van der Waals surface area contributed by atoms with Gasteiger partial charge in [-0.15, -0.1) is 11.3 Å². The summed E-state index contributed by atoms with van der Waals surface area (Å²) >= 11 is 3.01. The molecule has 0 radical (unpaired) electrons. The maximum Gasteiger partial charge on any atom is 0.330 e. The smallest absolute Gasteiger partial charge is 0.300 e. The zero-order valence-corrected chi connectivity index (χ0v) is 21.1. The molecule has 5 rings (SSSR count). The molecule has 9 heteroatoms. The van der Waals surface area contributed by atoms with E-state index in [9.17, 15) is 14.4 Å². The van der Waals surface area contributed by atoms with Gasteiger partial charge in [-0.1, -0.05) is 36.4 Å². The number of para-hydroxylation sites is 1. The molecule has 7 nitrogen and oxygen atoms in total. The van der Waals surface area contributed by atoms with Gasteiger partial charge in [-0.2, -0.15) is 0 Å². The maximum atomic E-state index is 14.0. The molecule has 0 saturated heterocycles. The predicted octanol–water partition coefficient (Wildman–Crippen LogP) is 3.71. The van der Waals surface area contributed by atoms with Gasteiger partial charge in [-0.05, 0) is 49.8 Å². The van der Waals surface area contributed by atoms with E-state index in [1.807, 2.05) is 31.2 Å². The van der Waals surface area contributed by atoms with Crippen LogP contribution >= 0.6 is 23.1 Å². The van der Waals surface area contributed by atoms with Crippen molar-refractivity contribution < 1.29 is 0 Å². The molecular formula is C25H26N4O3S2. The lowest BCUT2D eigenvalue weighted by Crippen LogP contribution is -2.37. The number of nitrogens with zero attached hydrogens (tertiary/aromatic N) is 4. The number of hydrogen-bond donors (Lipinski definition) is 0. The minimum atomic E-state index is -0.371. The lowest BCUT2D eigenvalue weighted by atomic mass is 10.1. The second-order valence-electron chi connectivity index (χ2n) is 8.73. The average molecular weight is 495 g/mol. The number of thioether (sulfide) groups is 1. The summed E-state index contributed by atoms with van der Waals surface area (Å²) in [5.41, 5.74) is 2.78. The fraction of sp³-hybridized carbons (Fsp3) is 0.360. The highest BCUT2D eigenvalue weighted by atomic mass is 32.2. The van der Waals surface area contributed by atoms with Crippen molar-refractivity contribution in [2.24, 2.45) is 14.1 Å². The van der Waals surface area contributed by atoms with Crippen LogP contribution in [0.5, 0.6) is 0 Å². The average Bonchev–Trinajstić information content (AvgIpc) is 3.01. The summed E-state index contributed by atoms with van der Waals surface area (Å²) in [5.74, 6) is 0.344. The Balaban J connectivity index is 1.69. The Kier molecular flexibility index (Phi) is 6.07. The summed E-state index contributed by atoms with van der Waals surface area (Å²) in [6, 6.07) is 9.27. The molecule has 1 aromatic carbocycles. The van der Waals surface area contributed by atoms with Crippen molar-refractivity contribution in [2.75, 3.05) is 0 Å². The van der Waals surface area contributed by atoms with Gasteiger partial charge in [0.1, 0.15) is 4.83 Å². The van der Waals surface area contributed by atoms with Crippen LogP contribution < -0.4 is 16.8 Å². The maximum absolute atomic E-state index is 14.0. The van der Waals surface area contributed by atoms with E-state index in [1.54, 1.807) is 23.0 Å². The summed E-state index contributed by atoms with van der Waals surface area (Å²) in [5, 5.41) is 1.31. The summed E-state index contributed by atoms with van der Waals surface area (Å²) in [7, 11) is 3.12. The third-order valence-electron chi connectivity index (χ3n) is 6.54. The molecule has 3 heterocycles. The van der Waals surface area contributed by atoms with Crippen LogP contribution in [0.4, 0.5) is 0 Å². The normalized spacial score (nSPS) is 13.7. The van der Waals surface area contributed by atoms with Gasteiger partial charge in [0.15, 0.2) is 5.16 Å². The van der Waals surface area contributed by atoms with Crippen LogP contribution in [0.1, 0.15) is 41.0 Å². The van der Waals surface area contributed by atoms with E-state index < -0.39 is 0 Å². The van der Waals surface area contributed by atoms with Crippen molar-refractivity contribution in [2.45, 2.75) is 49.9 Å². The van der Waals surface area contributed by atoms with Crippen molar-refractivity contribution in [3.05, 3.63) is 83.2 Å². The van der Waals surface area contributed by atoms with Crippen LogP contribution in [-0.2, 0) is 32.7 Å². The zero-order chi connectivity index (χ0) is 24.0. The number of rotatable bonds is 4. The quantitative estimate of drug-likeness (QED) is 0.246. The lowest BCUT2D eigenvalue weighted by molar-refractivity contribution is 0.664. The summed E-state index contributed by atoms with van der Waals surface area (Å²) in [6.45, 7) is 1.99. The predicted molar refractivity (Wildman–Crippen MR) is 138 cm³/mol. The Bertz CT molecular complexity index is 1590. The molecule has 0 amide bonds. The van der Waals surface area contributed by atoms with E-state index in [-0.39, 0.29) is 16.8 Å². The van der Waals surface area contributed by atoms with Crippen LogP contribution in [0, 0.1) is 6.92 Å². The van der Waals surface area contributed by atoms with Crippen LogP contribution in [-0.4, -0.2) is 18.7 Å². The van der Waals surface area contributed by atoms with Gasteiger partial charge in [0, 0.05) is 36.5 Å². The first-order chi connectivity index (χ1) is 16.4. The SMILES string of the molecule is Cc1ccccc1-n1c(SCc2cc(=O)n(C)c(=O)n2C)nc2sc3c(c2c1=O)CCCCC3. The van der Waals surface area contributed by atoms with Crippen molar-refractivity contribution in [3.63, 3.8) is 0 Å². The van der Waals surface area contributed by atoms with Gasteiger partial charge in [0.25, 0.3) is 11.1 Å². The number of fused-ring (bicyclic) bond motifs is 3. The first-order valence-corrected chi connectivity index (χ1v) is 13.2. The molecule has 0 aliphatic heterocycles. The molecule has 1 aliphatic rings. The molecule has 3 aromatic heterocycles. The molecule has 4 aromatic rings. The van der Waals surface area contributed by atoms with Crippen LogP contribution in [0.3, 0.4) is 0 Å². The molecule has 0 saturated carbocycles. The van der Waals surface area contributed by atoms with E-state index >= 15 is 0 Å². The standard InChI is InChI=1S/C25H26N4O3S2/c1-15-9-7-8-11-18(15)29-23(31)21-17-10-5-4-6-12-19(17)34-22(21)26-24(29)33-14-16-13-20(30)28(3)25(32)27(16)2/h7-9,11,13H,4-6,10,12,14H2,1-3H3. The van der Waals surface area contributed by atoms with Crippen molar-refractivity contribution >= 4 is 33.3 Å². The van der Waals surface area contributed by atoms with E-state index in [0.717, 1.165) is 51.7 Å². The van der Waals surface area contributed by atoms with Gasteiger partial charge in [0.05, 0.1) is 11.1 Å². The fourth-order valence-corrected chi connectivity index (χ4v) is 6.87. The third-order valence-corrected chi connectivity index (χ3v) is 8.70. The Morgan fingerprint density at radius 1 is 1.03 bits per heavy atom. The van der Waals surface area contributed by atoms with E-state index in [0.29, 0.717) is 16.6 Å². The Labute approximate surface area is 204 Å². The first-order valence-electron chi connectivity index (χ1n) is 11.4. The van der Waals surface area contributed by atoms with E-state index in [2.05, 4.69) is 0 Å². The second-order valence-corrected chi connectivity index (χ2v) is 10.8. The zero-order valence-electron chi connectivity index (χ0n) is 19.5. The van der Waals surface area contributed by atoms with E-state index in [1.165, 1.54) is 46.3 Å². The van der Waals surface area contributed by atoms with E-state index in [4.69, 9.17) is 4.98 Å². The second kappa shape index (κ2) is 9.03. The van der Waals surface area contributed by atoms with Gasteiger partial charge in [-0.25, -0.2) is 9.78 Å². The van der Waals surface area contributed by atoms with Crippen molar-refractivity contribution in [1.29, 1.82) is 0 Å². The molecule has 0 fully saturated rings. The molecule has 0 unspecified atom stereocenters. The number of hydrogen-bond acceptors (Lipinski definition) is 6. The summed E-state index contributed by atoms with van der Waals surface area (Å²) in [4.78, 5) is 45.6. The molecule has 0 N–H and O–H groups in total. The Morgan fingerprint density at radius 3 is 2.59 bits per heavy atom. The minimum Gasteiger partial charge on any atom is -0.300 e. The lowest BCUT2D eigenvalue weighted by Gasteiger charge is -2.15. The summed E-state index contributed by atoms with van der Waals surface area (Å²) < 4.78 is 4.26. The number of aromatic nitrogens is 4. The molecule has 0 spiro atoms. The van der Waals surface area contributed by atoms with Gasteiger partial charge in [0.2, 0.25) is 0 Å². The third kappa shape index (κ3) is 3.86. The number of thiophene rings is 1. The first kappa shape index (κ1) is 22.9. The minimum absolute atomic E-state index is 0.0425. The van der Waals surface area contributed by atoms with Crippen LogP contribution in [0.2, 0.25) is 0 Å². The van der Waals surface area contributed by atoms with Gasteiger partial charge in [-0.3, -0.25) is 23.3 Å². The van der Waals surface area contributed by atoms with Crippen molar-refractivity contribution in [1.82, 2.24) is 18.7 Å².